The normalized spacial score (nSPS) is 11.0. The van der Waals surface area contributed by atoms with E-state index in [0.29, 0.717) is 21.5 Å². The highest BCUT2D eigenvalue weighted by molar-refractivity contribution is 14.1. The highest BCUT2D eigenvalue weighted by atomic mass is 127. The number of nitrogens with zero attached hydrogens (tertiary/aromatic N) is 3. The number of carbonyl (C=O) groups is 1. The van der Waals surface area contributed by atoms with Crippen LogP contribution in [0.25, 0.3) is 11.0 Å². The van der Waals surface area contributed by atoms with Crippen molar-refractivity contribution in [2.24, 2.45) is 0 Å². The molecule has 0 amide bonds. The highest BCUT2D eigenvalue weighted by Gasteiger charge is 2.16. The molecule has 8 heteroatoms. The summed E-state index contributed by atoms with van der Waals surface area (Å²) >= 11 is 5.34. The zero-order chi connectivity index (χ0) is 15.9. The standard InChI is InChI=1S/C14H9BrFIN4O/c15-9-3-7(16)1-2-8(9)11(22)5-21-4-10(17)12-13(18)19-6-20-14(12)21/h1-4,6H,5H2,(H2,18,19,20). The average molecular weight is 475 g/mol. The Morgan fingerprint density at radius 1 is 1.41 bits per heavy atom. The minimum Gasteiger partial charge on any atom is -0.383 e. The Kier molecular flexibility index (Phi) is 4.13. The monoisotopic (exact) mass is 474 g/mol. The predicted molar refractivity (Wildman–Crippen MR) is 93.1 cm³/mol. The maximum absolute atomic E-state index is 13.1. The van der Waals surface area contributed by atoms with Crippen molar-refractivity contribution in [3.8, 4) is 0 Å². The third-order valence-electron chi connectivity index (χ3n) is 3.18. The van der Waals surface area contributed by atoms with Gasteiger partial charge in [-0.25, -0.2) is 14.4 Å². The molecule has 22 heavy (non-hydrogen) atoms. The number of halogens is 3. The van der Waals surface area contributed by atoms with Crippen molar-refractivity contribution in [2.45, 2.75) is 6.54 Å². The van der Waals surface area contributed by atoms with Crippen LogP contribution in [0.15, 0.2) is 35.2 Å². The molecule has 5 nitrogen and oxygen atoms in total. The molecular weight excluding hydrogens is 466 g/mol. The minimum atomic E-state index is -0.398. The van der Waals surface area contributed by atoms with Crippen molar-refractivity contribution in [1.29, 1.82) is 0 Å². The lowest BCUT2D eigenvalue weighted by molar-refractivity contribution is 0.0972. The van der Waals surface area contributed by atoms with Crippen LogP contribution in [0.5, 0.6) is 0 Å². The number of carbonyl (C=O) groups excluding carboxylic acids is 1. The van der Waals surface area contributed by atoms with E-state index in [9.17, 15) is 9.18 Å². The number of nitrogens with two attached hydrogens (primary N) is 1. The lowest BCUT2D eigenvalue weighted by Crippen LogP contribution is -2.11. The fourth-order valence-corrected chi connectivity index (χ4v) is 3.60. The van der Waals surface area contributed by atoms with Gasteiger partial charge in [-0.15, -0.1) is 0 Å². The average Bonchev–Trinajstić information content (AvgIpc) is 2.76. The Balaban J connectivity index is 2.00. The molecule has 1 aromatic carbocycles. The summed E-state index contributed by atoms with van der Waals surface area (Å²) in [6, 6.07) is 3.99. The van der Waals surface area contributed by atoms with Gasteiger partial charge in [0.25, 0.3) is 0 Å². The molecule has 0 atom stereocenters. The van der Waals surface area contributed by atoms with Gasteiger partial charge in [-0.1, -0.05) is 0 Å². The van der Waals surface area contributed by atoms with Crippen molar-refractivity contribution < 1.29 is 9.18 Å². The van der Waals surface area contributed by atoms with Crippen molar-refractivity contribution >= 4 is 61.2 Å². The van der Waals surface area contributed by atoms with E-state index in [1.807, 2.05) is 0 Å². The van der Waals surface area contributed by atoms with Crippen LogP contribution in [0.2, 0.25) is 0 Å². The van der Waals surface area contributed by atoms with E-state index in [0.717, 1.165) is 8.96 Å². The Bertz CT molecular complexity index is 896. The first-order valence-corrected chi connectivity index (χ1v) is 8.07. The summed E-state index contributed by atoms with van der Waals surface area (Å²) in [6.45, 7) is 0.0835. The van der Waals surface area contributed by atoms with E-state index < -0.39 is 5.82 Å². The van der Waals surface area contributed by atoms with E-state index in [2.05, 4.69) is 48.5 Å². The lowest BCUT2D eigenvalue weighted by atomic mass is 10.1. The number of ketones is 1. The first-order valence-electron chi connectivity index (χ1n) is 6.20. The first-order chi connectivity index (χ1) is 10.5. The van der Waals surface area contributed by atoms with Gasteiger partial charge in [0.2, 0.25) is 0 Å². The number of benzene rings is 1. The lowest BCUT2D eigenvalue weighted by Gasteiger charge is -2.06. The van der Waals surface area contributed by atoms with Gasteiger partial charge in [0.15, 0.2) is 5.78 Å². The van der Waals surface area contributed by atoms with Crippen LogP contribution in [0, 0.1) is 9.39 Å². The van der Waals surface area contributed by atoms with Crippen LogP contribution in [0.1, 0.15) is 10.4 Å². The quantitative estimate of drug-likeness (QED) is 0.466. The van der Waals surface area contributed by atoms with Crippen molar-refractivity contribution in [3.05, 3.63) is 50.1 Å². The SMILES string of the molecule is Nc1ncnc2c1c(I)cn2CC(=O)c1ccc(F)cc1Br. The van der Waals surface area contributed by atoms with Gasteiger partial charge in [-0.05, 0) is 56.7 Å². The highest BCUT2D eigenvalue weighted by Crippen LogP contribution is 2.26. The van der Waals surface area contributed by atoms with E-state index in [4.69, 9.17) is 5.73 Å². The molecule has 0 aliphatic rings. The summed E-state index contributed by atoms with van der Waals surface area (Å²) in [7, 11) is 0. The molecule has 3 aromatic rings. The van der Waals surface area contributed by atoms with Crippen LogP contribution < -0.4 is 5.73 Å². The van der Waals surface area contributed by atoms with Crippen LogP contribution in [-0.2, 0) is 6.54 Å². The second-order valence-corrected chi connectivity index (χ2v) is 6.63. The third-order valence-corrected chi connectivity index (χ3v) is 4.66. The number of aromatic nitrogens is 3. The van der Waals surface area contributed by atoms with Crippen molar-refractivity contribution in [3.63, 3.8) is 0 Å². The number of fused-ring (bicyclic) bond motifs is 1. The predicted octanol–water partition coefficient (Wildman–Crippen LogP) is 3.40. The molecule has 2 N–H and O–H groups in total. The van der Waals surface area contributed by atoms with Gasteiger partial charge in [0.1, 0.15) is 23.6 Å². The van der Waals surface area contributed by atoms with Crippen LogP contribution in [-0.4, -0.2) is 20.3 Å². The van der Waals surface area contributed by atoms with E-state index in [1.165, 1.54) is 24.5 Å². The molecule has 0 aliphatic carbocycles. The summed E-state index contributed by atoms with van der Waals surface area (Å²) in [5.74, 6) is -0.175. The first kappa shape index (κ1) is 15.3. The van der Waals surface area contributed by atoms with Crippen LogP contribution in [0.4, 0.5) is 10.2 Å². The number of hydrogen-bond acceptors (Lipinski definition) is 4. The van der Waals surface area contributed by atoms with E-state index in [1.54, 1.807) is 10.8 Å². The zero-order valence-corrected chi connectivity index (χ0v) is 14.8. The topological polar surface area (TPSA) is 73.8 Å². The summed E-state index contributed by atoms with van der Waals surface area (Å²) in [5, 5.41) is 0.731. The minimum absolute atomic E-state index is 0.0835. The molecule has 0 unspecified atom stereocenters. The van der Waals surface area contributed by atoms with Gasteiger partial charge in [-0.3, -0.25) is 4.79 Å². The third kappa shape index (κ3) is 2.72. The summed E-state index contributed by atoms with van der Waals surface area (Å²) in [6.07, 6.45) is 3.16. The van der Waals surface area contributed by atoms with Crippen molar-refractivity contribution in [1.82, 2.24) is 14.5 Å². The van der Waals surface area contributed by atoms with Gasteiger partial charge in [0, 0.05) is 19.8 Å². The van der Waals surface area contributed by atoms with E-state index in [-0.39, 0.29) is 12.3 Å². The Hall–Kier alpha value is -1.55. The molecular formula is C14H9BrFIN4O. The smallest absolute Gasteiger partial charge is 0.183 e. The fourth-order valence-electron chi connectivity index (χ4n) is 2.17. The largest absolute Gasteiger partial charge is 0.383 e. The molecule has 112 valence electrons. The van der Waals surface area contributed by atoms with Gasteiger partial charge in [-0.2, -0.15) is 0 Å². The molecule has 2 heterocycles. The Morgan fingerprint density at radius 2 is 2.18 bits per heavy atom. The number of nitrogen functional groups attached to an aromatic ring is 1. The van der Waals surface area contributed by atoms with Gasteiger partial charge in [0.05, 0.1) is 11.9 Å². The number of rotatable bonds is 3. The molecule has 0 bridgehead atoms. The number of Topliss-reactive ketones (excluding diaryl/α,β-unsaturated/α-hetero) is 1. The molecule has 0 saturated carbocycles. The summed E-state index contributed by atoms with van der Waals surface area (Å²) in [4.78, 5) is 20.6. The molecule has 0 fully saturated rings. The zero-order valence-electron chi connectivity index (χ0n) is 11.1. The second-order valence-electron chi connectivity index (χ2n) is 4.61. The molecule has 0 radical (unpaired) electrons. The maximum atomic E-state index is 13.1. The number of hydrogen-bond donors (Lipinski definition) is 1. The molecule has 0 aliphatic heterocycles. The van der Waals surface area contributed by atoms with Crippen LogP contribution in [0.3, 0.4) is 0 Å². The van der Waals surface area contributed by atoms with Crippen molar-refractivity contribution in [2.75, 3.05) is 5.73 Å². The maximum Gasteiger partial charge on any atom is 0.183 e. The molecule has 0 spiro atoms. The molecule has 0 saturated heterocycles. The van der Waals surface area contributed by atoms with E-state index >= 15 is 0 Å². The number of anilines is 1. The van der Waals surface area contributed by atoms with Crippen LogP contribution >= 0.6 is 38.5 Å². The molecule has 3 rings (SSSR count). The Labute approximate surface area is 147 Å². The van der Waals surface area contributed by atoms with Gasteiger partial charge < -0.3 is 10.3 Å². The summed E-state index contributed by atoms with van der Waals surface area (Å²) in [5.41, 5.74) is 6.87. The Morgan fingerprint density at radius 3 is 2.91 bits per heavy atom. The fraction of sp³-hybridized carbons (Fsp3) is 0.0714. The van der Waals surface area contributed by atoms with Gasteiger partial charge >= 0.3 is 0 Å². The second kappa shape index (κ2) is 5.92. The summed E-state index contributed by atoms with van der Waals surface area (Å²) < 4.78 is 16.1. The molecule has 2 aromatic heterocycles.